The molecule has 84 valence electrons. The van der Waals surface area contributed by atoms with Gasteiger partial charge in [-0.2, -0.15) is 0 Å². The lowest BCUT2D eigenvalue weighted by Crippen LogP contribution is -2.19. The van der Waals surface area contributed by atoms with E-state index in [4.69, 9.17) is 10.5 Å². The van der Waals surface area contributed by atoms with Crippen molar-refractivity contribution in [3.05, 3.63) is 21.7 Å². The van der Waals surface area contributed by atoms with Crippen molar-refractivity contribution in [1.82, 2.24) is 9.97 Å². The highest BCUT2D eigenvalue weighted by atomic mass is 16.5. The summed E-state index contributed by atoms with van der Waals surface area (Å²) < 4.78 is 5.26. The molecule has 0 bridgehead atoms. The zero-order chi connectivity index (χ0) is 11.3. The standard InChI is InChI=1S/C10H17N3O2/c1-3-5-15-6-8-12-9(11)7(4-2)10(14)13-8/h3-6H2,1-2H3,(H3,11,12,13,14). The van der Waals surface area contributed by atoms with E-state index in [0.717, 1.165) is 6.42 Å². The van der Waals surface area contributed by atoms with E-state index < -0.39 is 0 Å². The lowest BCUT2D eigenvalue weighted by Gasteiger charge is -2.05. The van der Waals surface area contributed by atoms with Crippen molar-refractivity contribution in [3.63, 3.8) is 0 Å². The topological polar surface area (TPSA) is 81.0 Å². The fourth-order valence-electron chi connectivity index (χ4n) is 1.29. The van der Waals surface area contributed by atoms with Crippen molar-refractivity contribution in [2.45, 2.75) is 33.3 Å². The summed E-state index contributed by atoms with van der Waals surface area (Å²) in [6, 6.07) is 0. The summed E-state index contributed by atoms with van der Waals surface area (Å²) in [5.74, 6) is 0.791. The monoisotopic (exact) mass is 211 g/mol. The largest absolute Gasteiger partial charge is 0.383 e. The second-order valence-corrected chi connectivity index (χ2v) is 3.28. The van der Waals surface area contributed by atoms with Crippen LogP contribution >= 0.6 is 0 Å². The molecule has 1 aromatic rings. The average molecular weight is 211 g/mol. The van der Waals surface area contributed by atoms with Gasteiger partial charge in [-0.05, 0) is 12.8 Å². The van der Waals surface area contributed by atoms with Gasteiger partial charge in [-0.1, -0.05) is 13.8 Å². The molecule has 3 N–H and O–H groups in total. The Bertz CT molecular complexity index is 373. The van der Waals surface area contributed by atoms with Gasteiger partial charge in [0.25, 0.3) is 5.56 Å². The molecule has 0 aromatic carbocycles. The Morgan fingerprint density at radius 1 is 1.47 bits per heavy atom. The number of hydrogen-bond donors (Lipinski definition) is 2. The minimum absolute atomic E-state index is 0.167. The first-order valence-corrected chi connectivity index (χ1v) is 5.14. The fraction of sp³-hybridized carbons (Fsp3) is 0.600. The van der Waals surface area contributed by atoms with Gasteiger partial charge in [0, 0.05) is 6.61 Å². The summed E-state index contributed by atoms with van der Waals surface area (Å²) in [5, 5.41) is 0. The van der Waals surface area contributed by atoms with Gasteiger partial charge in [-0.3, -0.25) is 4.79 Å². The Kier molecular flexibility index (Phi) is 4.30. The van der Waals surface area contributed by atoms with Crippen molar-refractivity contribution < 1.29 is 4.74 Å². The number of nitrogens with two attached hydrogens (primary N) is 1. The zero-order valence-electron chi connectivity index (χ0n) is 9.17. The number of aromatic amines is 1. The van der Waals surface area contributed by atoms with E-state index in [9.17, 15) is 4.79 Å². The number of aromatic nitrogens is 2. The molecular weight excluding hydrogens is 194 g/mol. The molecule has 1 heterocycles. The molecule has 0 spiro atoms. The molecule has 0 aliphatic rings. The summed E-state index contributed by atoms with van der Waals surface area (Å²) in [4.78, 5) is 18.2. The Morgan fingerprint density at radius 2 is 2.20 bits per heavy atom. The van der Waals surface area contributed by atoms with Crippen molar-refractivity contribution in [2.24, 2.45) is 0 Å². The number of rotatable bonds is 5. The van der Waals surface area contributed by atoms with Crippen molar-refractivity contribution in [1.29, 1.82) is 0 Å². The molecule has 15 heavy (non-hydrogen) atoms. The molecular formula is C10H17N3O2. The normalized spacial score (nSPS) is 10.5. The number of nitrogens with one attached hydrogen (secondary N) is 1. The van der Waals surface area contributed by atoms with Crippen LogP contribution in [-0.4, -0.2) is 16.6 Å². The van der Waals surface area contributed by atoms with Crippen LogP contribution in [0.3, 0.4) is 0 Å². The van der Waals surface area contributed by atoms with Crippen LogP contribution in [0.1, 0.15) is 31.7 Å². The minimum Gasteiger partial charge on any atom is -0.383 e. The molecule has 0 saturated heterocycles. The summed E-state index contributed by atoms with van der Waals surface area (Å²) >= 11 is 0. The Morgan fingerprint density at radius 3 is 2.73 bits per heavy atom. The molecule has 0 radical (unpaired) electrons. The van der Waals surface area contributed by atoms with Crippen LogP contribution in [0.25, 0.3) is 0 Å². The molecule has 0 amide bonds. The van der Waals surface area contributed by atoms with Crippen LogP contribution in [0.15, 0.2) is 4.79 Å². The third kappa shape index (κ3) is 3.06. The van der Waals surface area contributed by atoms with Crippen LogP contribution in [0, 0.1) is 0 Å². The van der Waals surface area contributed by atoms with Gasteiger partial charge < -0.3 is 15.5 Å². The SMILES string of the molecule is CCCOCc1nc(N)c(CC)c(=O)[nH]1. The van der Waals surface area contributed by atoms with Crippen LogP contribution < -0.4 is 11.3 Å². The van der Waals surface area contributed by atoms with Crippen molar-refractivity contribution in [2.75, 3.05) is 12.3 Å². The fourth-order valence-corrected chi connectivity index (χ4v) is 1.29. The second kappa shape index (κ2) is 5.50. The maximum Gasteiger partial charge on any atom is 0.256 e. The number of nitrogen functional groups attached to an aromatic ring is 1. The van der Waals surface area contributed by atoms with E-state index in [2.05, 4.69) is 9.97 Å². The molecule has 5 nitrogen and oxygen atoms in total. The summed E-state index contributed by atoms with van der Waals surface area (Å²) in [5.41, 5.74) is 6.02. The van der Waals surface area contributed by atoms with E-state index >= 15 is 0 Å². The quantitative estimate of drug-likeness (QED) is 0.707. The van der Waals surface area contributed by atoms with Gasteiger partial charge in [-0.15, -0.1) is 0 Å². The molecule has 0 aliphatic heterocycles. The maximum absolute atomic E-state index is 11.5. The van der Waals surface area contributed by atoms with E-state index in [-0.39, 0.29) is 5.56 Å². The maximum atomic E-state index is 11.5. The third-order valence-corrected chi connectivity index (χ3v) is 2.04. The van der Waals surface area contributed by atoms with E-state index in [0.29, 0.717) is 36.8 Å². The van der Waals surface area contributed by atoms with Gasteiger partial charge in [0.1, 0.15) is 18.2 Å². The molecule has 0 fully saturated rings. The molecule has 5 heteroatoms. The highest BCUT2D eigenvalue weighted by Crippen LogP contribution is 2.03. The van der Waals surface area contributed by atoms with Crippen LogP contribution in [0.4, 0.5) is 5.82 Å². The van der Waals surface area contributed by atoms with Crippen molar-refractivity contribution in [3.8, 4) is 0 Å². The lowest BCUT2D eigenvalue weighted by molar-refractivity contribution is 0.116. The number of hydrogen-bond acceptors (Lipinski definition) is 4. The Hall–Kier alpha value is -1.36. The van der Waals surface area contributed by atoms with Gasteiger partial charge in [0.15, 0.2) is 0 Å². The molecule has 1 rings (SSSR count). The minimum atomic E-state index is -0.167. The number of nitrogens with zero attached hydrogens (tertiary/aromatic N) is 1. The molecule has 0 saturated carbocycles. The third-order valence-electron chi connectivity index (χ3n) is 2.04. The number of ether oxygens (including phenoxy) is 1. The number of H-pyrrole nitrogens is 1. The highest BCUT2D eigenvalue weighted by molar-refractivity contribution is 5.37. The molecule has 0 atom stereocenters. The first-order valence-electron chi connectivity index (χ1n) is 5.14. The summed E-state index contributed by atoms with van der Waals surface area (Å²) in [7, 11) is 0. The van der Waals surface area contributed by atoms with Gasteiger partial charge in [0.2, 0.25) is 0 Å². The zero-order valence-corrected chi connectivity index (χ0v) is 9.17. The van der Waals surface area contributed by atoms with Gasteiger partial charge >= 0.3 is 0 Å². The van der Waals surface area contributed by atoms with E-state index in [1.165, 1.54) is 0 Å². The second-order valence-electron chi connectivity index (χ2n) is 3.28. The molecule has 0 unspecified atom stereocenters. The summed E-state index contributed by atoms with van der Waals surface area (Å²) in [6.07, 6.45) is 1.52. The average Bonchev–Trinajstić information content (AvgIpc) is 2.18. The molecule has 0 aliphatic carbocycles. The first kappa shape index (κ1) is 11.7. The number of anilines is 1. The summed E-state index contributed by atoms with van der Waals surface area (Å²) in [6.45, 7) is 4.84. The van der Waals surface area contributed by atoms with Crippen LogP contribution in [0.5, 0.6) is 0 Å². The van der Waals surface area contributed by atoms with Crippen LogP contribution in [0.2, 0.25) is 0 Å². The van der Waals surface area contributed by atoms with Gasteiger partial charge in [0.05, 0.1) is 5.56 Å². The smallest absolute Gasteiger partial charge is 0.256 e. The van der Waals surface area contributed by atoms with E-state index in [1.54, 1.807) is 0 Å². The predicted octanol–water partition coefficient (Wildman–Crippen LogP) is 0.841. The van der Waals surface area contributed by atoms with Crippen LogP contribution in [-0.2, 0) is 17.8 Å². The highest BCUT2D eigenvalue weighted by Gasteiger charge is 2.06. The first-order chi connectivity index (χ1) is 7.19. The Balaban J connectivity index is 2.80. The van der Waals surface area contributed by atoms with Crippen molar-refractivity contribution >= 4 is 5.82 Å². The predicted molar refractivity (Wildman–Crippen MR) is 58.6 cm³/mol. The van der Waals surface area contributed by atoms with Gasteiger partial charge in [-0.25, -0.2) is 4.98 Å². The molecule has 1 aromatic heterocycles. The van der Waals surface area contributed by atoms with E-state index in [1.807, 2.05) is 13.8 Å². The Labute approximate surface area is 88.7 Å². The lowest BCUT2D eigenvalue weighted by atomic mass is 10.2.